The van der Waals surface area contributed by atoms with E-state index < -0.39 is 0 Å². The minimum absolute atomic E-state index is 0.0281. The molecule has 0 bridgehead atoms. The van der Waals surface area contributed by atoms with Gasteiger partial charge in [-0.05, 0) is 29.6 Å². The number of nitrogens with zero attached hydrogens (tertiary/aromatic N) is 2. The third-order valence-corrected chi connectivity index (χ3v) is 4.96. The Kier molecular flexibility index (Phi) is 6.09. The molecule has 1 N–H and O–H groups in total. The number of para-hydroxylation sites is 1. The van der Waals surface area contributed by atoms with Crippen LogP contribution in [0, 0.1) is 0 Å². The number of phenolic OH excluding ortho intramolecular Hbond substituents is 1. The zero-order valence-corrected chi connectivity index (χ0v) is 15.5. The van der Waals surface area contributed by atoms with Crippen molar-refractivity contribution in [2.24, 2.45) is 0 Å². The van der Waals surface area contributed by atoms with Crippen molar-refractivity contribution in [2.45, 2.75) is 19.6 Å². The quantitative estimate of drug-likeness (QED) is 0.657. The summed E-state index contributed by atoms with van der Waals surface area (Å²) in [4.78, 5) is 17.5. The van der Waals surface area contributed by atoms with Gasteiger partial charge in [-0.15, -0.1) is 11.3 Å². The Hall–Kier alpha value is -2.57. The van der Waals surface area contributed by atoms with E-state index in [2.05, 4.69) is 0 Å². The average Bonchev–Trinajstić information content (AvgIpc) is 3.31. The zero-order chi connectivity index (χ0) is 18.4. The Labute approximate surface area is 157 Å². The van der Waals surface area contributed by atoms with Gasteiger partial charge in [0.05, 0.1) is 25.9 Å². The Morgan fingerprint density at radius 3 is 2.62 bits per heavy atom. The monoisotopic (exact) mass is 370 g/mol. The van der Waals surface area contributed by atoms with Crippen LogP contribution in [-0.4, -0.2) is 34.4 Å². The van der Waals surface area contributed by atoms with Crippen LogP contribution in [0.15, 0.2) is 64.6 Å². The lowest BCUT2D eigenvalue weighted by Gasteiger charge is -2.24. The van der Waals surface area contributed by atoms with E-state index in [-0.39, 0.29) is 18.2 Å². The summed E-state index contributed by atoms with van der Waals surface area (Å²) in [5.41, 5.74) is 0.785. The molecule has 1 amide bonds. The lowest BCUT2D eigenvalue weighted by molar-refractivity contribution is -0.132. The van der Waals surface area contributed by atoms with Crippen molar-refractivity contribution in [3.8, 4) is 5.75 Å². The van der Waals surface area contributed by atoms with Crippen LogP contribution >= 0.6 is 11.3 Å². The van der Waals surface area contributed by atoms with Gasteiger partial charge in [0.15, 0.2) is 0 Å². The van der Waals surface area contributed by atoms with E-state index >= 15 is 0 Å². The summed E-state index contributed by atoms with van der Waals surface area (Å²) in [7, 11) is 1.81. The van der Waals surface area contributed by atoms with Crippen molar-refractivity contribution in [1.82, 2.24) is 9.80 Å². The van der Waals surface area contributed by atoms with Crippen molar-refractivity contribution in [2.75, 3.05) is 13.6 Å². The predicted octanol–water partition coefficient (Wildman–Crippen LogP) is 3.71. The molecule has 136 valence electrons. The van der Waals surface area contributed by atoms with E-state index in [9.17, 15) is 9.90 Å². The van der Waals surface area contributed by atoms with Gasteiger partial charge in [-0.1, -0.05) is 24.3 Å². The number of furan rings is 1. The molecule has 0 unspecified atom stereocenters. The van der Waals surface area contributed by atoms with Crippen LogP contribution in [0.2, 0.25) is 0 Å². The minimum Gasteiger partial charge on any atom is -0.508 e. The molecule has 2 aromatic heterocycles. The van der Waals surface area contributed by atoms with E-state index in [0.29, 0.717) is 19.6 Å². The summed E-state index contributed by atoms with van der Waals surface area (Å²) in [6.45, 7) is 1.81. The molecular weight excluding hydrogens is 348 g/mol. The average molecular weight is 370 g/mol. The van der Waals surface area contributed by atoms with Gasteiger partial charge >= 0.3 is 0 Å². The highest BCUT2D eigenvalue weighted by atomic mass is 32.1. The van der Waals surface area contributed by atoms with Crippen molar-refractivity contribution in [1.29, 1.82) is 0 Å². The van der Waals surface area contributed by atoms with E-state index in [4.69, 9.17) is 4.42 Å². The van der Waals surface area contributed by atoms with Gasteiger partial charge in [0, 0.05) is 24.0 Å². The Bertz CT molecular complexity index is 815. The van der Waals surface area contributed by atoms with Crippen molar-refractivity contribution >= 4 is 17.2 Å². The number of benzene rings is 1. The zero-order valence-electron chi connectivity index (χ0n) is 14.7. The molecule has 1 aromatic carbocycles. The van der Waals surface area contributed by atoms with Crippen LogP contribution in [0.4, 0.5) is 0 Å². The van der Waals surface area contributed by atoms with Crippen LogP contribution in [0.3, 0.4) is 0 Å². The fourth-order valence-corrected chi connectivity index (χ4v) is 3.47. The molecule has 5 nitrogen and oxygen atoms in total. The Balaban J connectivity index is 1.68. The predicted molar refractivity (Wildman–Crippen MR) is 102 cm³/mol. The molecule has 0 fully saturated rings. The van der Waals surface area contributed by atoms with Gasteiger partial charge < -0.3 is 14.4 Å². The first kappa shape index (κ1) is 18.2. The van der Waals surface area contributed by atoms with Crippen LogP contribution in [0.1, 0.15) is 16.2 Å². The molecule has 3 rings (SSSR count). The maximum atomic E-state index is 12.7. The second-order valence-corrected chi connectivity index (χ2v) is 7.21. The smallest absolute Gasteiger partial charge is 0.236 e. The molecule has 0 aliphatic rings. The highest BCUT2D eigenvalue weighted by molar-refractivity contribution is 7.09. The number of aromatic hydroxyl groups is 1. The molecule has 0 radical (unpaired) electrons. The molecule has 0 aliphatic heterocycles. The maximum absolute atomic E-state index is 12.7. The summed E-state index contributed by atoms with van der Waals surface area (Å²) in [6.07, 6.45) is 1.62. The molecule has 3 aromatic rings. The summed E-state index contributed by atoms with van der Waals surface area (Å²) in [6, 6.07) is 14.9. The normalized spacial score (nSPS) is 11.0. The molecule has 0 aliphatic carbocycles. The first-order valence-corrected chi connectivity index (χ1v) is 9.28. The molecule has 0 saturated carbocycles. The van der Waals surface area contributed by atoms with Crippen molar-refractivity contribution in [3.05, 3.63) is 76.4 Å². The fraction of sp³-hybridized carbons (Fsp3) is 0.250. The van der Waals surface area contributed by atoms with Gasteiger partial charge in [0.1, 0.15) is 11.5 Å². The Morgan fingerprint density at radius 1 is 1.08 bits per heavy atom. The molecule has 6 heteroatoms. The third-order valence-electron chi connectivity index (χ3n) is 4.10. The largest absolute Gasteiger partial charge is 0.508 e. The number of carbonyl (C=O) groups is 1. The van der Waals surface area contributed by atoms with Crippen LogP contribution in [-0.2, 0) is 24.4 Å². The van der Waals surface area contributed by atoms with Crippen LogP contribution < -0.4 is 0 Å². The number of rotatable bonds is 8. The number of likely N-dealkylation sites (N-methyl/N-ethyl adjacent to an activating group) is 1. The Morgan fingerprint density at radius 2 is 1.92 bits per heavy atom. The third kappa shape index (κ3) is 4.97. The summed E-state index contributed by atoms with van der Waals surface area (Å²) in [5.74, 6) is 1.05. The summed E-state index contributed by atoms with van der Waals surface area (Å²) < 4.78 is 5.43. The highest BCUT2D eigenvalue weighted by Crippen LogP contribution is 2.19. The van der Waals surface area contributed by atoms with Gasteiger partial charge in [0.25, 0.3) is 0 Å². The summed E-state index contributed by atoms with van der Waals surface area (Å²) in [5, 5.41) is 12.1. The van der Waals surface area contributed by atoms with Crippen molar-refractivity contribution < 1.29 is 14.3 Å². The van der Waals surface area contributed by atoms with E-state index in [1.165, 1.54) is 0 Å². The van der Waals surface area contributed by atoms with Gasteiger partial charge in [-0.3, -0.25) is 9.69 Å². The number of hydrogen-bond acceptors (Lipinski definition) is 5. The first-order valence-electron chi connectivity index (χ1n) is 8.40. The number of hydrogen-bond donors (Lipinski definition) is 1. The standard InChI is InChI=1S/C20H22N2O3S/c1-21(14-18-8-5-11-26-18)20(24)15-22(13-17-7-4-10-25-17)12-16-6-2-3-9-19(16)23/h2-11,23H,12-15H2,1H3. The lowest BCUT2D eigenvalue weighted by Crippen LogP contribution is -2.37. The highest BCUT2D eigenvalue weighted by Gasteiger charge is 2.18. The van der Waals surface area contributed by atoms with Gasteiger partial charge in [-0.2, -0.15) is 0 Å². The lowest BCUT2D eigenvalue weighted by atomic mass is 10.2. The van der Waals surface area contributed by atoms with Crippen molar-refractivity contribution in [3.63, 3.8) is 0 Å². The number of amides is 1. The maximum Gasteiger partial charge on any atom is 0.236 e. The molecule has 26 heavy (non-hydrogen) atoms. The molecule has 0 spiro atoms. The van der Waals surface area contributed by atoms with Gasteiger partial charge in [0.2, 0.25) is 5.91 Å². The number of phenols is 1. The molecular formula is C20H22N2O3S. The molecule has 0 atom stereocenters. The summed E-state index contributed by atoms with van der Waals surface area (Å²) >= 11 is 1.64. The van der Waals surface area contributed by atoms with Crippen LogP contribution in [0.5, 0.6) is 5.75 Å². The molecule has 0 saturated heterocycles. The van der Waals surface area contributed by atoms with E-state index in [1.54, 1.807) is 34.6 Å². The first-order chi connectivity index (χ1) is 12.6. The van der Waals surface area contributed by atoms with Crippen LogP contribution in [0.25, 0.3) is 0 Å². The SMILES string of the molecule is CN(Cc1cccs1)C(=O)CN(Cc1ccco1)Cc1ccccc1O. The second-order valence-electron chi connectivity index (χ2n) is 6.18. The van der Waals surface area contributed by atoms with E-state index in [0.717, 1.165) is 16.2 Å². The molecule has 2 heterocycles. The van der Waals surface area contributed by atoms with Gasteiger partial charge in [-0.25, -0.2) is 0 Å². The second kappa shape index (κ2) is 8.69. The number of thiophene rings is 1. The number of carbonyl (C=O) groups excluding carboxylic acids is 1. The fourth-order valence-electron chi connectivity index (χ4n) is 2.71. The topological polar surface area (TPSA) is 56.9 Å². The van der Waals surface area contributed by atoms with E-state index in [1.807, 2.05) is 53.7 Å². The minimum atomic E-state index is 0.0281.